The third-order valence-corrected chi connectivity index (χ3v) is 4.71. The van der Waals surface area contributed by atoms with E-state index < -0.39 is 5.54 Å². The summed E-state index contributed by atoms with van der Waals surface area (Å²) in [5.74, 6) is 0.0265. The van der Waals surface area contributed by atoms with Crippen LogP contribution in [-0.4, -0.2) is 15.4 Å². The van der Waals surface area contributed by atoms with E-state index in [1.54, 1.807) is 10.6 Å². The van der Waals surface area contributed by atoms with Gasteiger partial charge in [0, 0.05) is 30.4 Å². The number of nitrogens with zero attached hydrogens (tertiary/aromatic N) is 2. The van der Waals surface area contributed by atoms with Gasteiger partial charge in [-0.25, -0.2) is 0 Å². The number of hydrogen-bond donors (Lipinski definition) is 0. The molecule has 0 N–H and O–H groups in total. The molecule has 0 saturated heterocycles. The zero-order chi connectivity index (χ0) is 16.8. The Balaban J connectivity index is 1.99. The molecule has 4 nitrogen and oxygen atoms in total. The third-order valence-electron chi connectivity index (χ3n) is 4.71. The Morgan fingerprint density at radius 3 is 2.39 bits per heavy atom. The minimum absolute atomic E-state index is 0.0265. The standard InChI is InChI=1S/C19H22N2O2/c1-13(2)20-10-9-15(11-17(20)22)19(3,4)21-12-14-7-5-6-8-16(14)18(21)23/h5-11,13H,12H2,1-4H3. The lowest BCUT2D eigenvalue weighted by atomic mass is 9.93. The number of benzene rings is 1. The first-order chi connectivity index (χ1) is 10.8. The van der Waals surface area contributed by atoms with Crippen LogP contribution in [0.15, 0.2) is 47.4 Å². The van der Waals surface area contributed by atoms with Gasteiger partial charge in [-0.15, -0.1) is 0 Å². The SMILES string of the molecule is CC(C)n1ccc(C(C)(C)N2Cc3ccccc3C2=O)cc1=O. The fourth-order valence-corrected chi connectivity index (χ4v) is 3.16. The normalized spacial score (nSPS) is 14.5. The van der Waals surface area contributed by atoms with Gasteiger partial charge in [-0.3, -0.25) is 9.59 Å². The van der Waals surface area contributed by atoms with Crippen molar-refractivity contribution in [2.75, 3.05) is 0 Å². The summed E-state index contributed by atoms with van der Waals surface area (Å²) < 4.78 is 1.69. The predicted octanol–water partition coefficient (Wildman–Crippen LogP) is 3.32. The van der Waals surface area contributed by atoms with Crippen LogP contribution < -0.4 is 5.56 Å². The van der Waals surface area contributed by atoms with E-state index >= 15 is 0 Å². The average molecular weight is 310 g/mol. The van der Waals surface area contributed by atoms with E-state index in [-0.39, 0.29) is 17.5 Å². The molecule has 0 bridgehead atoms. The minimum Gasteiger partial charge on any atom is -0.325 e. The van der Waals surface area contributed by atoms with Gasteiger partial charge < -0.3 is 9.47 Å². The second kappa shape index (κ2) is 5.37. The van der Waals surface area contributed by atoms with Crippen molar-refractivity contribution in [3.8, 4) is 0 Å². The quantitative estimate of drug-likeness (QED) is 0.873. The molecule has 1 aliphatic heterocycles. The molecule has 1 aromatic carbocycles. The number of aromatic nitrogens is 1. The van der Waals surface area contributed by atoms with Crippen molar-refractivity contribution in [2.24, 2.45) is 0 Å². The molecule has 4 heteroatoms. The van der Waals surface area contributed by atoms with E-state index in [1.807, 2.05) is 69.1 Å². The van der Waals surface area contributed by atoms with Crippen molar-refractivity contribution in [3.63, 3.8) is 0 Å². The zero-order valence-corrected chi connectivity index (χ0v) is 14.0. The lowest BCUT2D eigenvalue weighted by Gasteiger charge is -2.36. The lowest BCUT2D eigenvalue weighted by Crippen LogP contribution is -2.42. The molecule has 2 heterocycles. The number of amides is 1. The average Bonchev–Trinajstić information content (AvgIpc) is 2.85. The summed E-state index contributed by atoms with van der Waals surface area (Å²) in [6.45, 7) is 8.52. The van der Waals surface area contributed by atoms with E-state index in [9.17, 15) is 9.59 Å². The zero-order valence-electron chi connectivity index (χ0n) is 14.0. The molecule has 0 saturated carbocycles. The maximum absolute atomic E-state index is 12.7. The van der Waals surface area contributed by atoms with Crippen LogP contribution in [0.4, 0.5) is 0 Å². The monoisotopic (exact) mass is 310 g/mol. The highest BCUT2D eigenvalue weighted by Crippen LogP contribution is 2.35. The van der Waals surface area contributed by atoms with Gasteiger partial charge >= 0.3 is 0 Å². The molecule has 0 aliphatic carbocycles. The molecular weight excluding hydrogens is 288 g/mol. The van der Waals surface area contributed by atoms with E-state index in [1.165, 1.54) is 0 Å². The number of carbonyl (C=O) groups is 1. The number of carbonyl (C=O) groups excluding carboxylic acids is 1. The van der Waals surface area contributed by atoms with Crippen LogP contribution in [0.3, 0.4) is 0 Å². The summed E-state index contributed by atoms with van der Waals surface area (Å²) in [4.78, 5) is 26.9. The Kier molecular flexibility index (Phi) is 3.63. The second-order valence-electron chi connectivity index (χ2n) is 6.86. The first kappa shape index (κ1) is 15.5. The first-order valence-corrected chi connectivity index (χ1v) is 7.95. The van der Waals surface area contributed by atoms with Crippen molar-refractivity contribution in [1.82, 2.24) is 9.47 Å². The molecule has 120 valence electrons. The summed E-state index contributed by atoms with van der Waals surface area (Å²) in [5, 5.41) is 0. The van der Waals surface area contributed by atoms with Crippen LogP contribution in [0.1, 0.15) is 55.2 Å². The van der Waals surface area contributed by atoms with Crippen LogP contribution >= 0.6 is 0 Å². The topological polar surface area (TPSA) is 42.3 Å². The Hall–Kier alpha value is -2.36. The molecular formula is C19H22N2O2. The molecule has 0 fully saturated rings. The molecule has 0 spiro atoms. The van der Waals surface area contributed by atoms with Crippen LogP contribution in [0.25, 0.3) is 0 Å². The molecule has 0 atom stereocenters. The Morgan fingerprint density at radius 1 is 1.09 bits per heavy atom. The highest BCUT2D eigenvalue weighted by molar-refractivity contribution is 5.98. The number of rotatable bonds is 3. The summed E-state index contributed by atoms with van der Waals surface area (Å²) >= 11 is 0. The van der Waals surface area contributed by atoms with Crippen molar-refractivity contribution in [2.45, 2.75) is 45.8 Å². The van der Waals surface area contributed by atoms with Gasteiger partial charge in [-0.1, -0.05) is 18.2 Å². The number of fused-ring (bicyclic) bond motifs is 1. The predicted molar refractivity (Wildman–Crippen MR) is 90.4 cm³/mol. The lowest BCUT2D eigenvalue weighted by molar-refractivity contribution is 0.0567. The molecule has 0 unspecified atom stereocenters. The molecule has 3 rings (SSSR count). The molecule has 1 amide bonds. The third kappa shape index (κ3) is 2.48. The number of hydrogen-bond acceptors (Lipinski definition) is 2. The van der Waals surface area contributed by atoms with Gasteiger partial charge in [0.2, 0.25) is 0 Å². The Morgan fingerprint density at radius 2 is 1.78 bits per heavy atom. The number of pyridine rings is 1. The van der Waals surface area contributed by atoms with Crippen molar-refractivity contribution >= 4 is 5.91 Å². The maximum atomic E-state index is 12.7. The second-order valence-corrected chi connectivity index (χ2v) is 6.86. The fourth-order valence-electron chi connectivity index (χ4n) is 3.16. The van der Waals surface area contributed by atoms with Crippen LogP contribution in [0.2, 0.25) is 0 Å². The fraction of sp³-hybridized carbons (Fsp3) is 0.368. The molecule has 23 heavy (non-hydrogen) atoms. The first-order valence-electron chi connectivity index (χ1n) is 7.95. The molecule has 0 radical (unpaired) electrons. The van der Waals surface area contributed by atoms with Gasteiger partial charge in [-0.05, 0) is 51.0 Å². The van der Waals surface area contributed by atoms with Crippen molar-refractivity contribution < 1.29 is 4.79 Å². The van der Waals surface area contributed by atoms with E-state index in [0.717, 1.165) is 16.7 Å². The highest BCUT2D eigenvalue weighted by atomic mass is 16.2. The van der Waals surface area contributed by atoms with Crippen molar-refractivity contribution in [1.29, 1.82) is 0 Å². The maximum Gasteiger partial charge on any atom is 0.255 e. The molecule has 1 aliphatic rings. The van der Waals surface area contributed by atoms with Gasteiger partial charge in [0.1, 0.15) is 0 Å². The Bertz CT molecular complexity index is 818. The van der Waals surface area contributed by atoms with Crippen LogP contribution in [0.5, 0.6) is 0 Å². The van der Waals surface area contributed by atoms with Crippen LogP contribution in [-0.2, 0) is 12.1 Å². The van der Waals surface area contributed by atoms with Gasteiger partial charge in [0.15, 0.2) is 0 Å². The summed E-state index contributed by atoms with van der Waals surface area (Å²) in [5.41, 5.74) is 2.10. The molecule has 2 aromatic rings. The van der Waals surface area contributed by atoms with E-state index in [2.05, 4.69) is 0 Å². The van der Waals surface area contributed by atoms with Gasteiger partial charge in [-0.2, -0.15) is 0 Å². The summed E-state index contributed by atoms with van der Waals surface area (Å²) in [6, 6.07) is 11.4. The molecule has 1 aromatic heterocycles. The van der Waals surface area contributed by atoms with E-state index in [0.29, 0.717) is 6.54 Å². The van der Waals surface area contributed by atoms with Crippen LogP contribution in [0, 0.1) is 0 Å². The summed E-state index contributed by atoms with van der Waals surface area (Å²) in [6.07, 6.45) is 1.82. The Labute approximate surface area is 136 Å². The smallest absolute Gasteiger partial charge is 0.255 e. The van der Waals surface area contributed by atoms with E-state index in [4.69, 9.17) is 0 Å². The summed E-state index contributed by atoms with van der Waals surface area (Å²) in [7, 11) is 0. The van der Waals surface area contributed by atoms with Gasteiger partial charge in [0.25, 0.3) is 11.5 Å². The minimum atomic E-state index is -0.536. The van der Waals surface area contributed by atoms with Crippen molar-refractivity contribution in [3.05, 3.63) is 69.6 Å². The van der Waals surface area contributed by atoms with Gasteiger partial charge in [0.05, 0.1) is 5.54 Å². The highest BCUT2D eigenvalue weighted by Gasteiger charge is 2.38. The largest absolute Gasteiger partial charge is 0.325 e.